The summed E-state index contributed by atoms with van der Waals surface area (Å²) in [5, 5.41) is 2.96. The fraction of sp³-hybridized carbons (Fsp3) is 0.875. The zero-order valence-electron chi connectivity index (χ0n) is 7.29. The molecule has 68 valence electrons. The monoisotopic (exact) mass is 169 g/mol. The van der Waals surface area contributed by atoms with Crippen molar-refractivity contribution >= 4 is 6.03 Å². The van der Waals surface area contributed by atoms with Crippen molar-refractivity contribution in [2.75, 3.05) is 7.05 Å². The summed E-state index contributed by atoms with van der Waals surface area (Å²) in [6.45, 7) is 0. The third-order valence-electron chi connectivity index (χ3n) is 2.98. The molecule has 1 aliphatic carbocycles. The largest absolute Gasteiger partial charge is 0.333 e. The minimum Gasteiger partial charge on any atom is -0.333 e. The van der Waals surface area contributed by atoms with Crippen molar-refractivity contribution in [3.8, 4) is 0 Å². The minimum atomic E-state index is 0.0547. The summed E-state index contributed by atoms with van der Waals surface area (Å²) in [6, 6.07) is 1.02. The van der Waals surface area contributed by atoms with E-state index in [0.29, 0.717) is 12.1 Å². The van der Waals surface area contributed by atoms with Crippen LogP contribution in [0.3, 0.4) is 0 Å². The fourth-order valence-electron chi connectivity index (χ4n) is 2.19. The van der Waals surface area contributed by atoms with E-state index in [4.69, 9.17) is 5.73 Å². The van der Waals surface area contributed by atoms with Crippen LogP contribution in [0.15, 0.2) is 0 Å². The van der Waals surface area contributed by atoms with Gasteiger partial charge in [-0.3, -0.25) is 0 Å². The number of carbonyl (C=O) groups is 1. The Morgan fingerprint density at radius 3 is 3.08 bits per heavy atom. The molecule has 12 heavy (non-hydrogen) atoms. The van der Waals surface area contributed by atoms with Crippen molar-refractivity contribution in [2.24, 2.45) is 5.73 Å². The predicted molar refractivity (Wildman–Crippen MR) is 45.7 cm³/mol. The van der Waals surface area contributed by atoms with Crippen LogP contribution in [0.2, 0.25) is 0 Å². The maximum atomic E-state index is 11.2. The van der Waals surface area contributed by atoms with E-state index in [1.165, 1.54) is 0 Å². The Kier molecular flexibility index (Phi) is 1.72. The highest BCUT2D eigenvalue weighted by Crippen LogP contribution is 2.25. The summed E-state index contributed by atoms with van der Waals surface area (Å²) >= 11 is 0. The summed E-state index contributed by atoms with van der Waals surface area (Å²) in [4.78, 5) is 13.0. The van der Waals surface area contributed by atoms with E-state index < -0.39 is 0 Å². The number of nitrogens with zero attached hydrogens (tertiary/aromatic N) is 1. The van der Waals surface area contributed by atoms with Crippen LogP contribution in [0.5, 0.6) is 0 Å². The van der Waals surface area contributed by atoms with Gasteiger partial charge in [0.25, 0.3) is 0 Å². The lowest BCUT2D eigenvalue weighted by Gasteiger charge is -2.31. The molecule has 0 aromatic rings. The lowest BCUT2D eigenvalue weighted by Crippen LogP contribution is -2.44. The Balaban J connectivity index is 2.10. The van der Waals surface area contributed by atoms with E-state index in [9.17, 15) is 4.79 Å². The molecule has 0 aromatic carbocycles. The number of amides is 2. The average Bonchev–Trinajstić information content (AvgIpc) is 2.31. The van der Waals surface area contributed by atoms with Gasteiger partial charge in [0.05, 0.1) is 12.1 Å². The first-order valence-corrected chi connectivity index (χ1v) is 4.47. The molecule has 0 spiro atoms. The summed E-state index contributed by atoms with van der Waals surface area (Å²) in [5.41, 5.74) is 5.83. The van der Waals surface area contributed by atoms with E-state index >= 15 is 0 Å². The van der Waals surface area contributed by atoms with Crippen LogP contribution >= 0.6 is 0 Å². The SMILES string of the molecule is CN1C(=O)NC2CCC(N)CC21. The molecular weight excluding hydrogens is 154 g/mol. The summed E-state index contributed by atoms with van der Waals surface area (Å²) in [7, 11) is 1.85. The van der Waals surface area contributed by atoms with E-state index in [0.717, 1.165) is 19.3 Å². The van der Waals surface area contributed by atoms with Gasteiger partial charge in [0.15, 0.2) is 0 Å². The molecule has 2 rings (SSSR count). The van der Waals surface area contributed by atoms with Crippen molar-refractivity contribution in [1.29, 1.82) is 0 Å². The molecule has 2 amide bonds. The number of nitrogens with two attached hydrogens (primary N) is 1. The topological polar surface area (TPSA) is 58.4 Å². The number of hydrogen-bond donors (Lipinski definition) is 2. The molecular formula is C8H15N3O. The smallest absolute Gasteiger partial charge is 0.317 e. The molecule has 3 unspecified atom stereocenters. The first kappa shape index (κ1) is 7.86. The number of likely N-dealkylation sites (N-methyl/N-ethyl adjacent to an activating group) is 1. The predicted octanol–water partition coefficient (Wildman–Crippen LogP) is -0.110. The van der Waals surface area contributed by atoms with Crippen LogP contribution in [-0.4, -0.2) is 36.1 Å². The van der Waals surface area contributed by atoms with Crippen molar-refractivity contribution in [2.45, 2.75) is 37.4 Å². The minimum absolute atomic E-state index is 0.0547. The van der Waals surface area contributed by atoms with Gasteiger partial charge in [-0.1, -0.05) is 0 Å². The molecule has 1 heterocycles. The van der Waals surface area contributed by atoms with Crippen molar-refractivity contribution < 1.29 is 4.79 Å². The molecule has 1 saturated heterocycles. The Hall–Kier alpha value is -0.770. The third-order valence-corrected chi connectivity index (χ3v) is 2.98. The average molecular weight is 169 g/mol. The summed E-state index contributed by atoms with van der Waals surface area (Å²) < 4.78 is 0. The highest BCUT2D eigenvalue weighted by molar-refractivity contribution is 5.77. The maximum Gasteiger partial charge on any atom is 0.317 e. The van der Waals surface area contributed by atoms with Gasteiger partial charge in [-0.25, -0.2) is 4.79 Å². The van der Waals surface area contributed by atoms with Crippen LogP contribution in [0.4, 0.5) is 4.79 Å². The van der Waals surface area contributed by atoms with Crippen molar-refractivity contribution in [3.63, 3.8) is 0 Å². The van der Waals surface area contributed by atoms with Gasteiger partial charge in [-0.2, -0.15) is 0 Å². The highest BCUT2D eigenvalue weighted by Gasteiger charge is 2.40. The quantitative estimate of drug-likeness (QED) is 0.531. The highest BCUT2D eigenvalue weighted by atomic mass is 16.2. The Morgan fingerprint density at radius 2 is 2.33 bits per heavy atom. The van der Waals surface area contributed by atoms with E-state index in [-0.39, 0.29) is 12.1 Å². The Bertz CT molecular complexity index is 206. The molecule has 2 fully saturated rings. The van der Waals surface area contributed by atoms with Crippen LogP contribution in [0.1, 0.15) is 19.3 Å². The maximum absolute atomic E-state index is 11.2. The third kappa shape index (κ3) is 1.06. The van der Waals surface area contributed by atoms with Gasteiger partial charge in [-0.05, 0) is 19.3 Å². The lowest BCUT2D eigenvalue weighted by atomic mass is 9.88. The molecule has 1 aliphatic heterocycles. The Morgan fingerprint density at radius 1 is 1.58 bits per heavy atom. The first-order valence-electron chi connectivity index (χ1n) is 4.47. The number of carbonyl (C=O) groups excluding carboxylic acids is 1. The van der Waals surface area contributed by atoms with Crippen molar-refractivity contribution in [3.05, 3.63) is 0 Å². The normalized spacial score (nSPS) is 41.0. The van der Waals surface area contributed by atoms with Gasteiger partial charge in [0.1, 0.15) is 0 Å². The number of hydrogen-bond acceptors (Lipinski definition) is 2. The molecule has 4 heteroatoms. The zero-order chi connectivity index (χ0) is 8.72. The second-order valence-corrected chi connectivity index (χ2v) is 3.81. The summed E-state index contributed by atoms with van der Waals surface area (Å²) in [6.07, 6.45) is 3.01. The Labute approximate surface area is 72.1 Å². The van der Waals surface area contributed by atoms with Gasteiger partial charge in [-0.15, -0.1) is 0 Å². The zero-order valence-corrected chi connectivity index (χ0v) is 7.29. The number of fused-ring (bicyclic) bond motifs is 1. The molecule has 3 atom stereocenters. The summed E-state index contributed by atoms with van der Waals surface area (Å²) in [5.74, 6) is 0. The molecule has 3 N–H and O–H groups in total. The number of urea groups is 1. The second-order valence-electron chi connectivity index (χ2n) is 3.81. The van der Waals surface area contributed by atoms with E-state index in [1.807, 2.05) is 7.05 Å². The number of rotatable bonds is 0. The number of nitrogens with one attached hydrogen (secondary N) is 1. The fourth-order valence-corrected chi connectivity index (χ4v) is 2.19. The molecule has 2 aliphatic rings. The van der Waals surface area contributed by atoms with Gasteiger partial charge in [0, 0.05) is 13.1 Å². The van der Waals surface area contributed by atoms with Gasteiger partial charge in [0.2, 0.25) is 0 Å². The van der Waals surface area contributed by atoms with E-state index in [1.54, 1.807) is 4.90 Å². The molecule has 0 aromatic heterocycles. The van der Waals surface area contributed by atoms with Crippen molar-refractivity contribution in [1.82, 2.24) is 10.2 Å². The first-order chi connectivity index (χ1) is 5.68. The standard InChI is InChI=1S/C8H15N3O/c1-11-7-4-5(9)2-3-6(7)10-8(11)12/h5-7H,2-4,9H2,1H3,(H,10,12). The van der Waals surface area contributed by atoms with E-state index in [2.05, 4.69) is 5.32 Å². The molecule has 0 radical (unpaired) electrons. The molecule has 1 saturated carbocycles. The molecule has 4 nitrogen and oxygen atoms in total. The van der Waals surface area contributed by atoms with Crippen LogP contribution in [-0.2, 0) is 0 Å². The molecule has 0 bridgehead atoms. The lowest BCUT2D eigenvalue weighted by molar-refractivity contribution is 0.204. The van der Waals surface area contributed by atoms with Gasteiger partial charge < -0.3 is 16.0 Å². The van der Waals surface area contributed by atoms with Gasteiger partial charge >= 0.3 is 6.03 Å². The van der Waals surface area contributed by atoms with Crippen LogP contribution in [0.25, 0.3) is 0 Å². The second kappa shape index (κ2) is 2.62. The van der Waals surface area contributed by atoms with Crippen LogP contribution in [0, 0.1) is 0 Å². The van der Waals surface area contributed by atoms with Crippen LogP contribution < -0.4 is 11.1 Å².